The van der Waals surface area contributed by atoms with Gasteiger partial charge in [-0.05, 0) is 12.5 Å². The van der Waals surface area contributed by atoms with E-state index >= 15 is 0 Å². The maximum Gasteiger partial charge on any atom is 0.260 e. The number of aryl methyl sites for hydroxylation is 1. The van der Waals surface area contributed by atoms with Crippen LogP contribution in [-0.2, 0) is 6.54 Å². The Labute approximate surface area is 148 Å². The average molecular weight is 351 g/mol. The van der Waals surface area contributed by atoms with Gasteiger partial charge in [-0.25, -0.2) is 4.98 Å². The van der Waals surface area contributed by atoms with E-state index in [9.17, 15) is 4.79 Å². The summed E-state index contributed by atoms with van der Waals surface area (Å²) in [5.41, 5.74) is 2.84. The van der Waals surface area contributed by atoms with E-state index in [1.807, 2.05) is 60.6 Å². The Morgan fingerprint density at radius 3 is 2.76 bits per heavy atom. The molecule has 25 heavy (non-hydrogen) atoms. The fourth-order valence-corrected chi connectivity index (χ4v) is 3.77. The fraction of sp³-hybridized carbons (Fsp3) is 0.167. The molecule has 0 bridgehead atoms. The molecule has 3 heterocycles. The number of aromatic nitrogens is 4. The van der Waals surface area contributed by atoms with Crippen LogP contribution in [0.2, 0.25) is 0 Å². The summed E-state index contributed by atoms with van der Waals surface area (Å²) in [4.78, 5) is 22.9. The van der Waals surface area contributed by atoms with Crippen molar-refractivity contribution in [1.29, 1.82) is 0 Å². The number of anilines is 1. The smallest absolute Gasteiger partial charge is 0.260 e. The third-order valence-corrected chi connectivity index (χ3v) is 4.92. The van der Waals surface area contributed by atoms with Gasteiger partial charge in [0.1, 0.15) is 10.7 Å². The second kappa shape index (κ2) is 6.18. The maximum atomic E-state index is 12.6. The maximum absolute atomic E-state index is 12.6. The van der Waals surface area contributed by atoms with Crippen molar-refractivity contribution >= 4 is 27.4 Å². The number of rotatable bonds is 4. The van der Waals surface area contributed by atoms with Crippen molar-refractivity contribution in [3.05, 3.63) is 63.7 Å². The minimum absolute atomic E-state index is 0.105. The second-order valence-corrected chi connectivity index (χ2v) is 6.83. The fourth-order valence-electron chi connectivity index (χ4n) is 2.80. The number of nitrogens with zero attached hydrogens (tertiary/aromatic N) is 3. The van der Waals surface area contributed by atoms with Crippen molar-refractivity contribution in [3.63, 3.8) is 0 Å². The van der Waals surface area contributed by atoms with Gasteiger partial charge in [-0.3, -0.25) is 9.89 Å². The van der Waals surface area contributed by atoms with Gasteiger partial charge in [0, 0.05) is 29.8 Å². The second-order valence-electron chi connectivity index (χ2n) is 5.97. The summed E-state index contributed by atoms with van der Waals surface area (Å²) in [6.07, 6.45) is 0. The Hall–Kier alpha value is -2.93. The van der Waals surface area contributed by atoms with Crippen LogP contribution in [0.4, 0.5) is 5.82 Å². The molecule has 4 aromatic rings. The van der Waals surface area contributed by atoms with Crippen LogP contribution in [0.1, 0.15) is 11.5 Å². The van der Waals surface area contributed by atoms with Crippen LogP contribution >= 0.6 is 11.3 Å². The summed E-state index contributed by atoms with van der Waals surface area (Å²) in [6, 6.07) is 11.9. The highest BCUT2D eigenvalue weighted by molar-refractivity contribution is 7.17. The van der Waals surface area contributed by atoms with Crippen molar-refractivity contribution < 1.29 is 0 Å². The zero-order valence-corrected chi connectivity index (χ0v) is 14.7. The highest BCUT2D eigenvalue weighted by atomic mass is 32.1. The molecule has 7 heteroatoms. The van der Waals surface area contributed by atoms with Crippen LogP contribution in [0.3, 0.4) is 0 Å². The van der Waals surface area contributed by atoms with Crippen molar-refractivity contribution in [2.45, 2.75) is 13.5 Å². The van der Waals surface area contributed by atoms with E-state index in [1.54, 1.807) is 0 Å². The van der Waals surface area contributed by atoms with Gasteiger partial charge in [-0.2, -0.15) is 5.10 Å². The van der Waals surface area contributed by atoms with Gasteiger partial charge in [0.25, 0.3) is 5.56 Å². The largest absolute Gasteiger partial charge is 0.351 e. The molecule has 0 unspecified atom stereocenters. The number of hydrogen-bond donors (Lipinski definition) is 2. The van der Waals surface area contributed by atoms with Gasteiger partial charge in [0.2, 0.25) is 0 Å². The summed E-state index contributed by atoms with van der Waals surface area (Å²) >= 11 is 1.49. The van der Waals surface area contributed by atoms with Gasteiger partial charge in [-0.1, -0.05) is 30.3 Å². The zero-order chi connectivity index (χ0) is 17.4. The number of nitrogens with one attached hydrogen (secondary N) is 2. The molecule has 126 valence electrons. The van der Waals surface area contributed by atoms with E-state index in [-0.39, 0.29) is 5.56 Å². The van der Waals surface area contributed by atoms with Crippen LogP contribution < -0.4 is 10.5 Å². The van der Waals surface area contributed by atoms with Gasteiger partial charge >= 0.3 is 0 Å². The predicted octanol–water partition coefficient (Wildman–Crippen LogP) is 3.32. The molecule has 0 fully saturated rings. The van der Waals surface area contributed by atoms with Crippen LogP contribution in [-0.4, -0.2) is 27.2 Å². The van der Waals surface area contributed by atoms with Gasteiger partial charge in [0.15, 0.2) is 5.82 Å². The number of hydrogen-bond acceptors (Lipinski definition) is 5. The molecule has 0 spiro atoms. The third-order valence-electron chi connectivity index (χ3n) is 4.05. The first-order chi connectivity index (χ1) is 12.1. The molecule has 2 N–H and O–H groups in total. The molecule has 4 rings (SSSR count). The lowest BCUT2D eigenvalue weighted by Crippen LogP contribution is -2.21. The van der Waals surface area contributed by atoms with Crippen LogP contribution in [0.15, 0.2) is 46.6 Å². The highest BCUT2D eigenvalue weighted by Gasteiger charge is 2.14. The van der Waals surface area contributed by atoms with Crippen molar-refractivity contribution in [3.8, 4) is 11.1 Å². The number of benzene rings is 1. The van der Waals surface area contributed by atoms with Crippen molar-refractivity contribution in [1.82, 2.24) is 20.2 Å². The molecule has 0 aliphatic heterocycles. The monoisotopic (exact) mass is 351 g/mol. The topological polar surface area (TPSA) is 77.7 Å². The van der Waals surface area contributed by atoms with E-state index in [1.165, 1.54) is 11.3 Å². The molecule has 3 aromatic heterocycles. The van der Waals surface area contributed by atoms with Crippen molar-refractivity contribution in [2.24, 2.45) is 0 Å². The number of thiophene rings is 1. The molecular formula is C18H17N5OS. The first kappa shape index (κ1) is 15.6. The minimum atomic E-state index is -0.105. The molecule has 0 saturated carbocycles. The zero-order valence-electron chi connectivity index (χ0n) is 13.9. The molecular weight excluding hydrogens is 334 g/mol. The van der Waals surface area contributed by atoms with Gasteiger partial charge in [-0.15, -0.1) is 11.3 Å². The number of H-pyrrole nitrogens is 2. The number of fused-ring (bicyclic) bond motifs is 1. The Balaban J connectivity index is 1.70. The molecule has 0 saturated heterocycles. The Morgan fingerprint density at radius 2 is 2.04 bits per heavy atom. The number of aromatic amines is 2. The van der Waals surface area contributed by atoms with Crippen LogP contribution in [0.25, 0.3) is 21.3 Å². The average Bonchev–Trinajstić information content (AvgIpc) is 3.22. The van der Waals surface area contributed by atoms with E-state index in [0.717, 1.165) is 27.5 Å². The van der Waals surface area contributed by atoms with Crippen LogP contribution in [0, 0.1) is 6.92 Å². The van der Waals surface area contributed by atoms with E-state index in [2.05, 4.69) is 20.2 Å². The standard InChI is InChI=1S/C18H17N5OS/c1-11-8-15(22-21-11)23(2)9-14-19-17(24)16-13(10-25-18(16)20-14)12-6-4-3-5-7-12/h3-8,10H,9H2,1-2H3,(H,21,22)(H,19,20,24). The third kappa shape index (κ3) is 2.94. The Bertz CT molecular complexity index is 1080. The Kier molecular flexibility index (Phi) is 3.85. The van der Waals surface area contributed by atoms with Gasteiger partial charge in [0.05, 0.1) is 11.9 Å². The molecule has 0 aliphatic rings. The van der Waals surface area contributed by atoms with Crippen LogP contribution in [0.5, 0.6) is 0 Å². The molecule has 1 aromatic carbocycles. The lowest BCUT2D eigenvalue weighted by molar-refractivity contribution is 0.823. The summed E-state index contributed by atoms with van der Waals surface area (Å²) in [7, 11) is 1.92. The minimum Gasteiger partial charge on any atom is -0.351 e. The first-order valence-electron chi connectivity index (χ1n) is 7.91. The molecule has 0 atom stereocenters. The normalized spacial score (nSPS) is 11.1. The molecule has 0 aliphatic carbocycles. The van der Waals surface area contributed by atoms with E-state index < -0.39 is 0 Å². The summed E-state index contributed by atoms with van der Waals surface area (Å²) < 4.78 is 0. The SMILES string of the molecule is Cc1cc(N(C)Cc2nc3scc(-c4ccccc4)c3c(=O)[nH]2)n[nH]1. The first-order valence-corrected chi connectivity index (χ1v) is 8.79. The van der Waals surface area contributed by atoms with Crippen molar-refractivity contribution in [2.75, 3.05) is 11.9 Å². The predicted molar refractivity (Wildman–Crippen MR) is 101 cm³/mol. The molecule has 0 amide bonds. The summed E-state index contributed by atoms with van der Waals surface area (Å²) in [5.74, 6) is 1.44. The Morgan fingerprint density at radius 1 is 1.24 bits per heavy atom. The lowest BCUT2D eigenvalue weighted by Gasteiger charge is -2.14. The molecule has 6 nitrogen and oxygen atoms in total. The summed E-state index contributed by atoms with van der Waals surface area (Å²) in [6.45, 7) is 2.43. The highest BCUT2D eigenvalue weighted by Crippen LogP contribution is 2.30. The molecule has 0 radical (unpaired) electrons. The summed E-state index contributed by atoms with van der Waals surface area (Å²) in [5, 5.41) is 9.78. The quantitative estimate of drug-likeness (QED) is 0.591. The van der Waals surface area contributed by atoms with E-state index in [0.29, 0.717) is 17.8 Å². The van der Waals surface area contributed by atoms with E-state index in [4.69, 9.17) is 0 Å². The lowest BCUT2D eigenvalue weighted by atomic mass is 10.1. The van der Waals surface area contributed by atoms with Gasteiger partial charge < -0.3 is 9.88 Å².